The molecule has 9 heteroatoms. The monoisotopic (exact) mass is 333 g/mol. The number of hydrogen-bond acceptors (Lipinski definition) is 6. The highest BCUT2D eigenvalue weighted by atomic mass is 32.2. The molecule has 0 saturated heterocycles. The number of nitro groups is 1. The molecule has 0 spiro atoms. The van der Waals surface area contributed by atoms with Crippen LogP contribution in [0.25, 0.3) is 0 Å². The summed E-state index contributed by atoms with van der Waals surface area (Å²) in [6, 6.07) is 4.00. The molecule has 21 heavy (non-hydrogen) atoms. The number of rotatable bonds is 8. The summed E-state index contributed by atoms with van der Waals surface area (Å²) in [5.74, 6) is 0. The molecule has 0 aromatic heterocycles. The molecule has 0 heterocycles. The SMILES string of the molecule is CCNc1ccc(S(=O)(=O)NCC(C)SC)c([N+](=O)[O-])c1. The van der Waals surface area contributed by atoms with Crippen LogP contribution in [0.1, 0.15) is 13.8 Å². The molecule has 0 bridgehead atoms. The lowest BCUT2D eigenvalue weighted by atomic mass is 10.3. The van der Waals surface area contributed by atoms with E-state index in [-0.39, 0.29) is 16.7 Å². The van der Waals surface area contributed by atoms with Crippen molar-refractivity contribution in [1.29, 1.82) is 0 Å². The highest BCUT2D eigenvalue weighted by Crippen LogP contribution is 2.27. The van der Waals surface area contributed by atoms with Gasteiger partial charge in [-0.3, -0.25) is 10.1 Å². The van der Waals surface area contributed by atoms with Crippen LogP contribution in [-0.4, -0.2) is 37.9 Å². The summed E-state index contributed by atoms with van der Waals surface area (Å²) in [5.41, 5.74) is 0.0818. The Balaban J connectivity index is 3.13. The van der Waals surface area contributed by atoms with Gasteiger partial charge in [-0.25, -0.2) is 13.1 Å². The maximum Gasteiger partial charge on any atom is 0.291 e. The molecule has 1 rings (SSSR count). The van der Waals surface area contributed by atoms with E-state index in [9.17, 15) is 18.5 Å². The molecule has 0 fully saturated rings. The molecule has 1 unspecified atom stereocenters. The van der Waals surface area contributed by atoms with Crippen LogP contribution < -0.4 is 10.0 Å². The van der Waals surface area contributed by atoms with Gasteiger partial charge in [0, 0.05) is 30.1 Å². The molecule has 0 aliphatic rings. The number of benzene rings is 1. The van der Waals surface area contributed by atoms with Gasteiger partial charge in [0.2, 0.25) is 10.0 Å². The quantitative estimate of drug-likeness (QED) is 0.558. The average molecular weight is 333 g/mol. The number of anilines is 1. The van der Waals surface area contributed by atoms with Crippen molar-refractivity contribution in [3.63, 3.8) is 0 Å². The van der Waals surface area contributed by atoms with Crippen molar-refractivity contribution < 1.29 is 13.3 Å². The highest BCUT2D eigenvalue weighted by Gasteiger charge is 2.26. The van der Waals surface area contributed by atoms with Gasteiger partial charge in [-0.2, -0.15) is 11.8 Å². The zero-order valence-corrected chi connectivity index (χ0v) is 13.8. The Morgan fingerprint density at radius 3 is 2.62 bits per heavy atom. The van der Waals surface area contributed by atoms with Gasteiger partial charge in [0.1, 0.15) is 0 Å². The summed E-state index contributed by atoms with van der Waals surface area (Å²) in [6.45, 7) is 4.53. The van der Waals surface area contributed by atoms with Crippen LogP contribution in [-0.2, 0) is 10.0 Å². The molecule has 1 atom stereocenters. The number of nitro benzene ring substituents is 1. The number of thioether (sulfide) groups is 1. The van der Waals surface area contributed by atoms with E-state index in [4.69, 9.17) is 0 Å². The second-order valence-electron chi connectivity index (χ2n) is 4.37. The Kier molecular flexibility index (Phi) is 6.43. The normalized spacial score (nSPS) is 12.9. The number of nitrogens with one attached hydrogen (secondary N) is 2. The molecular weight excluding hydrogens is 314 g/mol. The van der Waals surface area contributed by atoms with Gasteiger partial charge in [0.15, 0.2) is 4.90 Å². The van der Waals surface area contributed by atoms with Crippen LogP contribution in [0, 0.1) is 10.1 Å². The Morgan fingerprint density at radius 1 is 1.43 bits per heavy atom. The summed E-state index contributed by atoms with van der Waals surface area (Å²) in [4.78, 5) is 10.1. The van der Waals surface area contributed by atoms with E-state index < -0.39 is 20.6 Å². The number of sulfonamides is 1. The minimum Gasteiger partial charge on any atom is -0.385 e. The molecule has 1 aromatic carbocycles. The molecule has 2 N–H and O–H groups in total. The zero-order chi connectivity index (χ0) is 16.0. The topological polar surface area (TPSA) is 101 Å². The molecule has 0 aliphatic heterocycles. The third-order valence-electron chi connectivity index (χ3n) is 2.79. The van der Waals surface area contributed by atoms with Crippen molar-refractivity contribution in [2.45, 2.75) is 24.0 Å². The first-order valence-corrected chi connectivity index (χ1v) is 9.13. The summed E-state index contributed by atoms with van der Waals surface area (Å²) in [7, 11) is -3.91. The smallest absolute Gasteiger partial charge is 0.291 e. The van der Waals surface area contributed by atoms with Gasteiger partial charge in [-0.05, 0) is 25.3 Å². The van der Waals surface area contributed by atoms with Crippen molar-refractivity contribution in [1.82, 2.24) is 4.72 Å². The lowest BCUT2D eigenvalue weighted by molar-refractivity contribution is -0.387. The molecular formula is C12H19N3O4S2. The van der Waals surface area contributed by atoms with Gasteiger partial charge >= 0.3 is 0 Å². The second kappa shape index (κ2) is 7.62. The van der Waals surface area contributed by atoms with Crippen LogP contribution in [0.5, 0.6) is 0 Å². The molecule has 7 nitrogen and oxygen atoms in total. The first kappa shape index (κ1) is 17.7. The van der Waals surface area contributed by atoms with Crippen molar-refractivity contribution in [2.24, 2.45) is 0 Å². The minimum absolute atomic E-state index is 0.0832. The minimum atomic E-state index is -3.91. The van der Waals surface area contributed by atoms with Crippen molar-refractivity contribution >= 4 is 33.2 Å². The maximum absolute atomic E-state index is 12.2. The van der Waals surface area contributed by atoms with Gasteiger partial charge < -0.3 is 5.32 Å². The first-order valence-electron chi connectivity index (χ1n) is 6.36. The zero-order valence-electron chi connectivity index (χ0n) is 12.1. The number of hydrogen-bond donors (Lipinski definition) is 2. The summed E-state index contributed by atoms with van der Waals surface area (Å²) in [5, 5.41) is 14.1. The lowest BCUT2D eigenvalue weighted by Gasteiger charge is -2.11. The summed E-state index contributed by atoms with van der Waals surface area (Å²) >= 11 is 1.51. The van der Waals surface area contributed by atoms with Gasteiger partial charge in [0.05, 0.1) is 4.92 Å². The largest absolute Gasteiger partial charge is 0.385 e. The molecule has 118 valence electrons. The Morgan fingerprint density at radius 2 is 2.10 bits per heavy atom. The predicted molar refractivity (Wildman–Crippen MR) is 85.4 cm³/mol. The Hall–Kier alpha value is -1.32. The van der Waals surface area contributed by atoms with Crippen LogP contribution in [0.2, 0.25) is 0 Å². The van der Waals surface area contributed by atoms with Crippen LogP contribution in [0.3, 0.4) is 0 Å². The first-order chi connectivity index (χ1) is 9.81. The third kappa shape index (κ3) is 4.87. The Labute approximate surface area is 128 Å². The fraction of sp³-hybridized carbons (Fsp3) is 0.500. The van der Waals surface area contributed by atoms with Gasteiger partial charge in [-0.15, -0.1) is 0 Å². The second-order valence-corrected chi connectivity index (χ2v) is 7.38. The molecule has 0 saturated carbocycles. The summed E-state index contributed by atoms with van der Waals surface area (Å²) in [6.07, 6.45) is 1.87. The average Bonchev–Trinajstić information content (AvgIpc) is 2.44. The fourth-order valence-electron chi connectivity index (χ4n) is 1.59. The van der Waals surface area contributed by atoms with Crippen molar-refractivity contribution in [2.75, 3.05) is 24.7 Å². The van der Waals surface area contributed by atoms with E-state index >= 15 is 0 Å². The van der Waals surface area contributed by atoms with Crippen molar-refractivity contribution in [3.8, 4) is 0 Å². The standard InChI is InChI=1S/C12H19N3O4S2/c1-4-13-10-5-6-12(11(7-10)15(16)17)21(18,19)14-8-9(2)20-3/h5-7,9,13-14H,4,8H2,1-3H3. The highest BCUT2D eigenvalue weighted by molar-refractivity contribution is 7.99. The fourth-order valence-corrected chi connectivity index (χ4v) is 3.23. The van der Waals surface area contributed by atoms with Crippen LogP contribution in [0.4, 0.5) is 11.4 Å². The van der Waals surface area contributed by atoms with E-state index in [0.717, 1.165) is 0 Å². The molecule has 0 aliphatic carbocycles. The molecule has 1 aromatic rings. The number of nitrogens with zero attached hydrogens (tertiary/aromatic N) is 1. The lowest BCUT2D eigenvalue weighted by Crippen LogP contribution is -2.30. The van der Waals surface area contributed by atoms with Gasteiger partial charge in [0.25, 0.3) is 5.69 Å². The summed E-state index contributed by atoms with van der Waals surface area (Å²) < 4.78 is 26.8. The maximum atomic E-state index is 12.2. The van der Waals surface area contributed by atoms with E-state index in [0.29, 0.717) is 12.2 Å². The third-order valence-corrected chi connectivity index (χ3v) is 5.23. The van der Waals surface area contributed by atoms with Crippen LogP contribution >= 0.6 is 11.8 Å². The van der Waals surface area contributed by atoms with E-state index in [2.05, 4.69) is 10.0 Å². The van der Waals surface area contributed by atoms with Crippen LogP contribution in [0.15, 0.2) is 23.1 Å². The Bertz CT molecular complexity index is 605. The predicted octanol–water partition coefficient (Wildman–Crippen LogP) is 2.06. The van der Waals surface area contributed by atoms with Crippen molar-refractivity contribution in [3.05, 3.63) is 28.3 Å². The molecule has 0 amide bonds. The van der Waals surface area contributed by atoms with E-state index in [1.807, 2.05) is 20.1 Å². The molecule has 0 radical (unpaired) electrons. The van der Waals surface area contributed by atoms with E-state index in [1.165, 1.54) is 30.0 Å². The van der Waals surface area contributed by atoms with Gasteiger partial charge in [-0.1, -0.05) is 6.92 Å². The van der Waals surface area contributed by atoms with E-state index in [1.54, 1.807) is 0 Å².